The fourth-order valence-electron chi connectivity index (χ4n) is 0.559. The van der Waals surface area contributed by atoms with Crippen LogP contribution in [-0.2, 0) is 0 Å². The van der Waals surface area contributed by atoms with Crippen LogP contribution in [0.5, 0.6) is 0 Å². The Labute approximate surface area is 52.0 Å². The molecular formula is C7H15N. The molecule has 0 saturated heterocycles. The van der Waals surface area contributed by atoms with E-state index in [4.69, 9.17) is 0 Å². The average Bonchev–Trinajstić information content (AvgIpc) is 1.65. The second-order valence-electron chi connectivity index (χ2n) is 2.34. The smallest absolute Gasteiger partial charge is 0.0183 e. The molecule has 0 aromatic rings. The number of likely N-dealkylation sites (N-methyl/N-ethyl adjacent to an activating group) is 1. The quantitative estimate of drug-likeness (QED) is 0.501. The van der Waals surface area contributed by atoms with E-state index < -0.39 is 0 Å². The highest BCUT2D eigenvalue weighted by Gasteiger charge is 1.90. The number of hydrogen-bond donors (Lipinski definition) is 0. The summed E-state index contributed by atoms with van der Waals surface area (Å²) in [7, 11) is 4.11. The zero-order chi connectivity index (χ0) is 6.57. The second kappa shape index (κ2) is 3.67. The van der Waals surface area contributed by atoms with Crippen molar-refractivity contribution >= 4 is 0 Å². The highest BCUT2D eigenvalue weighted by molar-refractivity contribution is 4.94. The van der Waals surface area contributed by atoms with Gasteiger partial charge in [0.25, 0.3) is 0 Å². The van der Waals surface area contributed by atoms with Crippen LogP contribution in [0.15, 0.2) is 12.2 Å². The van der Waals surface area contributed by atoms with Gasteiger partial charge in [-0.05, 0) is 20.5 Å². The number of hydrogen-bond acceptors (Lipinski definition) is 1. The molecule has 0 unspecified atom stereocenters. The SMILES string of the molecule is C=C(CC)CN(C)C. The van der Waals surface area contributed by atoms with Crippen molar-refractivity contribution in [3.8, 4) is 0 Å². The third kappa shape index (κ3) is 3.88. The van der Waals surface area contributed by atoms with Crippen LogP contribution in [0.1, 0.15) is 13.3 Å². The van der Waals surface area contributed by atoms with Gasteiger partial charge in [-0.3, -0.25) is 0 Å². The van der Waals surface area contributed by atoms with E-state index >= 15 is 0 Å². The molecule has 0 saturated carbocycles. The molecule has 0 aromatic carbocycles. The van der Waals surface area contributed by atoms with Crippen LogP contribution in [-0.4, -0.2) is 25.5 Å². The summed E-state index contributed by atoms with van der Waals surface area (Å²) in [6.07, 6.45) is 1.10. The van der Waals surface area contributed by atoms with Gasteiger partial charge in [-0.15, -0.1) is 0 Å². The van der Waals surface area contributed by atoms with Gasteiger partial charge in [0.2, 0.25) is 0 Å². The number of nitrogens with zero attached hydrogens (tertiary/aromatic N) is 1. The van der Waals surface area contributed by atoms with E-state index in [9.17, 15) is 0 Å². The van der Waals surface area contributed by atoms with E-state index in [1.165, 1.54) is 5.57 Å². The lowest BCUT2D eigenvalue weighted by molar-refractivity contribution is 0.441. The van der Waals surface area contributed by atoms with E-state index in [0.717, 1.165) is 13.0 Å². The Morgan fingerprint density at radius 3 is 2.12 bits per heavy atom. The maximum absolute atomic E-state index is 3.87. The van der Waals surface area contributed by atoms with Gasteiger partial charge in [0.15, 0.2) is 0 Å². The molecule has 1 heteroatoms. The third-order valence-corrected chi connectivity index (χ3v) is 1.04. The topological polar surface area (TPSA) is 3.24 Å². The first kappa shape index (κ1) is 7.70. The van der Waals surface area contributed by atoms with Crippen molar-refractivity contribution in [3.63, 3.8) is 0 Å². The third-order valence-electron chi connectivity index (χ3n) is 1.04. The van der Waals surface area contributed by atoms with Crippen LogP contribution < -0.4 is 0 Å². The molecule has 8 heavy (non-hydrogen) atoms. The minimum absolute atomic E-state index is 1.02. The second-order valence-corrected chi connectivity index (χ2v) is 2.34. The van der Waals surface area contributed by atoms with Gasteiger partial charge < -0.3 is 4.90 Å². The molecule has 0 radical (unpaired) electrons. The summed E-state index contributed by atoms with van der Waals surface area (Å²) in [5.41, 5.74) is 1.30. The lowest BCUT2D eigenvalue weighted by Crippen LogP contribution is -2.13. The molecule has 0 aromatic heterocycles. The fraction of sp³-hybridized carbons (Fsp3) is 0.714. The summed E-state index contributed by atoms with van der Waals surface area (Å²) < 4.78 is 0. The normalized spacial score (nSPS) is 10.0. The van der Waals surface area contributed by atoms with E-state index in [1.54, 1.807) is 0 Å². The van der Waals surface area contributed by atoms with E-state index in [2.05, 4.69) is 32.5 Å². The van der Waals surface area contributed by atoms with Crippen molar-refractivity contribution in [3.05, 3.63) is 12.2 Å². The van der Waals surface area contributed by atoms with Crippen LogP contribution in [0.25, 0.3) is 0 Å². The fourth-order valence-corrected chi connectivity index (χ4v) is 0.559. The van der Waals surface area contributed by atoms with Crippen LogP contribution in [0.3, 0.4) is 0 Å². The summed E-state index contributed by atoms with van der Waals surface area (Å²) in [4.78, 5) is 2.13. The molecule has 1 nitrogen and oxygen atoms in total. The van der Waals surface area contributed by atoms with Gasteiger partial charge in [-0.25, -0.2) is 0 Å². The van der Waals surface area contributed by atoms with Crippen LogP contribution in [0, 0.1) is 0 Å². The molecular weight excluding hydrogens is 98.1 g/mol. The maximum Gasteiger partial charge on any atom is 0.0183 e. The van der Waals surface area contributed by atoms with Crippen molar-refractivity contribution in [2.24, 2.45) is 0 Å². The maximum atomic E-state index is 3.87. The molecule has 0 spiro atoms. The van der Waals surface area contributed by atoms with E-state index in [0.29, 0.717) is 0 Å². The minimum Gasteiger partial charge on any atom is -0.305 e. The lowest BCUT2D eigenvalue weighted by Gasteiger charge is -2.09. The van der Waals surface area contributed by atoms with E-state index in [-0.39, 0.29) is 0 Å². The largest absolute Gasteiger partial charge is 0.305 e. The zero-order valence-electron chi connectivity index (χ0n) is 6.07. The van der Waals surface area contributed by atoms with Gasteiger partial charge in [0, 0.05) is 6.54 Å². The summed E-state index contributed by atoms with van der Waals surface area (Å²) in [6.45, 7) is 7.03. The molecule has 0 bridgehead atoms. The Morgan fingerprint density at radius 1 is 1.50 bits per heavy atom. The molecule has 0 atom stereocenters. The summed E-state index contributed by atoms with van der Waals surface area (Å²) in [5.74, 6) is 0. The Kier molecular flexibility index (Phi) is 3.53. The first-order valence-corrected chi connectivity index (χ1v) is 2.98. The highest BCUT2D eigenvalue weighted by atomic mass is 15.0. The molecule has 0 rings (SSSR count). The van der Waals surface area contributed by atoms with Gasteiger partial charge >= 0.3 is 0 Å². The van der Waals surface area contributed by atoms with E-state index in [1.807, 2.05) is 0 Å². The predicted molar refractivity (Wildman–Crippen MR) is 38.0 cm³/mol. The molecule has 48 valence electrons. The standard InChI is InChI=1S/C7H15N/c1-5-7(2)6-8(3)4/h2,5-6H2,1,3-4H3. The lowest BCUT2D eigenvalue weighted by atomic mass is 10.2. The first-order valence-electron chi connectivity index (χ1n) is 2.98. The predicted octanol–water partition coefficient (Wildman–Crippen LogP) is 1.51. The van der Waals surface area contributed by atoms with Crippen molar-refractivity contribution in [1.29, 1.82) is 0 Å². The van der Waals surface area contributed by atoms with Crippen molar-refractivity contribution < 1.29 is 0 Å². The van der Waals surface area contributed by atoms with Crippen LogP contribution in [0.2, 0.25) is 0 Å². The Hall–Kier alpha value is -0.300. The molecule has 0 amide bonds. The molecule has 0 heterocycles. The molecule has 0 aliphatic rings. The zero-order valence-corrected chi connectivity index (χ0v) is 6.07. The van der Waals surface area contributed by atoms with Crippen molar-refractivity contribution in [2.75, 3.05) is 20.6 Å². The molecule has 0 N–H and O–H groups in total. The molecule has 0 aliphatic heterocycles. The van der Waals surface area contributed by atoms with Crippen LogP contribution in [0.4, 0.5) is 0 Å². The first-order chi connectivity index (χ1) is 3.66. The highest BCUT2D eigenvalue weighted by Crippen LogP contribution is 1.95. The minimum atomic E-state index is 1.02. The van der Waals surface area contributed by atoms with Crippen molar-refractivity contribution in [2.45, 2.75) is 13.3 Å². The molecule has 0 aliphatic carbocycles. The summed E-state index contributed by atoms with van der Waals surface area (Å²) in [6, 6.07) is 0. The summed E-state index contributed by atoms with van der Waals surface area (Å²) in [5, 5.41) is 0. The Morgan fingerprint density at radius 2 is 2.00 bits per heavy atom. The number of rotatable bonds is 3. The van der Waals surface area contributed by atoms with Gasteiger partial charge in [0.1, 0.15) is 0 Å². The van der Waals surface area contributed by atoms with Gasteiger partial charge in [-0.1, -0.05) is 19.1 Å². The Balaban J connectivity index is 3.25. The van der Waals surface area contributed by atoms with Gasteiger partial charge in [0.05, 0.1) is 0 Å². The monoisotopic (exact) mass is 113 g/mol. The average molecular weight is 113 g/mol. The summed E-state index contributed by atoms with van der Waals surface area (Å²) >= 11 is 0. The Bertz CT molecular complexity index is 74.5. The van der Waals surface area contributed by atoms with Crippen LogP contribution >= 0.6 is 0 Å². The van der Waals surface area contributed by atoms with Gasteiger partial charge in [-0.2, -0.15) is 0 Å². The van der Waals surface area contributed by atoms with Crippen molar-refractivity contribution in [1.82, 2.24) is 4.90 Å². The molecule has 0 fully saturated rings.